The SMILES string of the molecule is Cc1ccc(S(=O)(=O)Oc2ccc(/C=C3\SC(=O)N(CC(=O)c4ccccc4)C3=O)cc2)cc1[N+](=O)[O-]. The Morgan fingerprint density at radius 2 is 1.73 bits per heavy atom. The molecule has 1 saturated heterocycles. The fourth-order valence-electron chi connectivity index (χ4n) is 3.38. The number of aryl methyl sites for hydroxylation is 1. The van der Waals surface area contributed by atoms with Crippen molar-refractivity contribution in [2.24, 2.45) is 0 Å². The predicted molar refractivity (Wildman–Crippen MR) is 136 cm³/mol. The van der Waals surface area contributed by atoms with Crippen molar-refractivity contribution >= 4 is 50.6 Å². The molecule has 1 aliphatic heterocycles. The number of nitro benzene ring substituents is 1. The molecular formula is C25H18N2O8S2. The highest BCUT2D eigenvalue weighted by atomic mass is 32.2. The smallest absolute Gasteiger partial charge is 0.339 e. The summed E-state index contributed by atoms with van der Waals surface area (Å²) in [6.07, 6.45) is 1.44. The highest BCUT2D eigenvalue weighted by molar-refractivity contribution is 8.18. The lowest BCUT2D eigenvalue weighted by molar-refractivity contribution is -0.385. The number of carbonyl (C=O) groups is 3. The third kappa shape index (κ3) is 5.76. The van der Waals surface area contributed by atoms with Crippen LogP contribution in [0, 0.1) is 17.0 Å². The molecule has 4 rings (SSSR count). The molecule has 188 valence electrons. The Labute approximate surface area is 215 Å². The van der Waals surface area contributed by atoms with E-state index in [0.717, 1.165) is 11.0 Å². The molecule has 0 bridgehead atoms. The summed E-state index contributed by atoms with van der Waals surface area (Å²) >= 11 is 0.694. The Balaban J connectivity index is 1.46. The van der Waals surface area contributed by atoms with Gasteiger partial charge < -0.3 is 4.18 Å². The van der Waals surface area contributed by atoms with E-state index in [1.165, 1.54) is 49.4 Å². The third-order valence-electron chi connectivity index (χ3n) is 5.32. The van der Waals surface area contributed by atoms with E-state index in [4.69, 9.17) is 4.18 Å². The van der Waals surface area contributed by atoms with Gasteiger partial charge in [0.15, 0.2) is 5.78 Å². The van der Waals surface area contributed by atoms with Gasteiger partial charge in [0.1, 0.15) is 10.6 Å². The summed E-state index contributed by atoms with van der Waals surface area (Å²) in [6, 6.07) is 17.4. The number of carbonyl (C=O) groups excluding carboxylic acids is 3. The van der Waals surface area contributed by atoms with Crippen molar-refractivity contribution in [3.05, 3.63) is 105 Å². The van der Waals surface area contributed by atoms with Crippen molar-refractivity contribution in [3.8, 4) is 5.75 Å². The van der Waals surface area contributed by atoms with Crippen LogP contribution in [-0.2, 0) is 14.9 Å². The normalized spacial score (nSPS) is 14.7. The molecule has 10 nitrogen and oxygen atoms in total. The van der Waals surface area contributed by atoms with Gasteiger partial charge in [-0.2, -0.15) is 8.42 Å². The van der Waals surface area contributed by atoms with Gasteiger partial charge in [0, 0.05) is 17.2 Å². The van der Waals surface area contributed by atoms with E-state index in [2.05, 4.69) is 0 Å². The third-order valence-corrected chi connectivity index (χ3v) is 7.47. The number of thioether (sulfide) groups is 1. The minimum atomic E-state index is -4.34. The van der Waals surface area contributed by atoms with Crippen molar-refractivity contribution in [3.63, 3.8) is 0 Å². The number of benzene rings is 3. The van der Waals surface area contributed by atoms with E-state index in [9.17, 15) is 32.9 Å². The second kappa shape index (κ2) is 10.4. The predicted octanol–water partition coefficient (Wildman–Crippen LogP) is 4.59. The number of amides is 2. The number of nitrogens with zero attached hydrogens (tertiary/aromatic N) is 2. The molecule has 1 heterocycles. The maximum Gasteiger partial charge on any atom is 0.339 e. The molecule has 0 spiro atoms. The van der Waals surface area contributed by atoms with Crippen LogP contribution >= 0.6 is 11.8 Å². The average molecular weight is 539 g/mol. The second-order valence-corrected chi connectivity index (χ2v) is 10.4. The molecule has 0 unspecified atom stereocenters. The summed E-state index contributed by atoms with van der Waals surface area (Å²) in [6.45, 7) is 1.11. The molecule has 12 heteroatoms. The molecule has 0 aromatic heterocycles. The van der Waals surface area contributed by atoms with Gasteiger partial charge in [0.05, 0.1) is 16.4 Å². The second-order valence-electron chi connectivity index (χ2n) is 7.87. The number of ketones is 1. The summed E-state index contributed by atoms with van der Waals surface area (Å²) < 4.78 is 30.2. The molecule has 37 heavy (non-hydrogen) atoms. The number of hydrogen-bond donors (Lipinski definition) is 0. The van der Waals surface area contributed by atoms with Gasteiger partial charge in [-0.25, -0.2) is 0 Å². The Hall–Kier alpha value is -4.29. The van der Waals surface area contributed by atoms with Crippen LogP contribution in [0.2, 0.25) is 0 Å². The molecule has 0 aliphatic carbocycles. The molecule has 3 aromatic rings. The molecular weight excluding hydrogens is 520 g/mol. The van der Waals surface area contributed by atoms with Crippen LogP contribution < -0.4 is 4.18 Å². The standard InChI is InChI=1S/C25H18N2O8S2/c1-16-7-12-20(14-21(16)27(31)32)37(33,34)35-19-10-8-17(9-11-19)13-23-24(29)26(25(30)36-23)15-22(28)18-5-3-2-4-6-18/h2-14H,15H2,1H3/b23-13-. The van der Waals surface area contributed by atoms with E-state index in [-0.39, 0.29) is 33.6 Å². The first-order valence-corrected chi connectivity index (χ1v) is 12.9. The van der Waals surface area contributed by atoms with E-state index >= 15 is 0 Å². The highest BCUT2D eigenvalue weighted by Gasteiger charge is 2.36. The van der Waals surface area contributed by atoms with E-state index < -0.39 is 26.2 Å². The Morgan fingerprint density at radius 1 is 1.05 bits per heavy atom. The monoisotopic (exact) mass is 538 g/mol. The fourth-order valence-corrected chi connectivity index (χ4v) is 5.17. The first-order valence-electron chi connectivity index (χ1n) is 10.7. The van der Waals surface area contributed by atoms with Crippen LogP contribution in [0.4, 0.5) is 10.5 Å². The Bertz CT molecular complexity index is 1550. The van der Waals surface area contributed by atoms with Crippen LogP contribution in [-0.4, -0.2) is 41.7 Å². The molecule has 0 atom stereocenters. The minimum Gasteiger partial charge on any atom is -0.379 e. The van der Waals surface area contributed by atoms with Crippen LogP contribution in [0.1, 0.15) is 21.5 Å². The number of hydrogen-bond acceptors (Lipinski definition) is 9. The van der Waals surface area contributed by atoms with Crippen molar-refractivity contribution in [2.75, 3.05) is 6.54 Å². The maximum atomic E-state index is 12.7. The van der Waals surface area contributed by atoms with E-state index in [1.807, 2.05) is 0 Å². The van der Waals surface area contributed by atoms with Crippen molar-refractivity contribution in [1.82, 2.24) is 4.90 Å². The molecule has 1 fully saturated rings. The zero-order valence-electron chi connectivity index (χ0n) is 19.2. The molecule has 0 N–H and O–H groups in total. The van der Waals surface area contributed by atoms with Gasteiger partial charge in [-0.1, -0.05) is 48.5 Å². The van der Waals surface area contributed by atoms with Crippen LogP contribution in [0.5, 0.6) is 5.75 Å². The molecule has 2 amide bonds. The highest BCUT2D eigenvalue weighted by Crippen LogP contribution is 2.33. The number of Topliss-reactive ketones (excluding diaryl/α,β-unsaturated/α-hetero) is 1. The fraction of sp³-hybridized carbons (Fsp3) is 0.0800. The summed E-state index contributed by atoms with van der Waals surface area (Å²) in [7, 11) is -4.34. The first-order chi connectivity index (χ1) is 17.5. The lowest BCUT2D eigenvalue weighted by atomic mass is 10.1. The first kappa shape index (κ1) is 25.8. The number of imide groups is 1. The topological polar surface area (TPSA) is 141 Å². The zero-order chi connectivity index (χ0) is 26.7. The van der Waals surface area contributed by atoms with Crippen LogP contribution in [0.15, 0.2) is 82.6 Å². The summed E-state index contributed by atoms with van der Waals surface area (Å²) in [4.78, 5) is 48.5. The maximum absolute atomic E-state index is 12.7. The van der Waals surface area contributed by atoms with Crippen LogP contribution in [0.3, 0.4) is 0 Å². The summed E-state index contributed by atoms with van der Waals surface area (Å²) in [5, 5.41) is 10.5. The zero-order valence-corrected chi connectivity index (χ0v) is 20.8. The van der Waals surface area contributed by atoms with Gasteiger partial charge in [-0.3, -0.25) is 29.4 Å². The largest absolute Gasteiger partial charge is 0.379 e. The van der Waals surface area contributed by atoms with Crippen molar-refractivity contribution in [2.45, 2.75) is 11.8 Å². The summed E-state index contributed by atoms with van der Waals surface area (Å²) in [5.74, 6) is -1.03. The van der Waals surface area contributed by atoms with Gasteiger partial charge in [0.2, 0.25) is 0 Å². The lowest BCUT2D eigenvalue weighted by Crippen LogP contribution is -2.33. The number of nitro groups is 1. The Morgan fingerprint density at radius 3 is 2.38 bits per heavy atom. The number of rotatable bonds is 8. The lowest BCUT2D eigenvalue weighted by Gasteiger charge is -2.11. The molecule has 0 radical (unpaired) electrons. The van der Waals surface area contributed by atoms with E-state index in [0.29, 0.717) is 28.5 Å². The molecule has 1 aliphatic rings. The molecule has 3 aromatic carbocycles. The average Bonchev–Trinajstić information content (AvgIpc) is 3.12. The van der Waals surface area contributed by atoms with Crippen LogP contribution in [0.25, 0.3) is 6.08 Å². The quantitative estimate of drug-likeness (QED) is 0.132. The van der Waals surface area contributed by atoms with Gasteiger partial charge in [0.25, 0.3) is 16.8 Å². The molecule has 0 saturated carbocycles. The van der Waals surface area contributed by atoms with Crippen molar-refractivity contribution in [1.29, 1.82) is 0 Å². The van der Waals surface area contributed by atoms with Gasteiger partial charge in [-0.15, -0.1) is 0 Å². The van der Waals surface area contributed by atoms with Gasteiger partial charge in [-0.05, 0) is 48.5 Å². The minimum absolute atomic E-state index is 0.0538. The summed E-state index contributed by atoms with van der Waals surface area (Å²) in [5.41, 5.74) is 0.827. The Kier molecular flexibility index (Phi) is 7.23. The van der Waals surface area contributed by atoms with Gasteiger partial charge >= 0.3 is 10.1 Å². The van der Waals surface area contributed by atoms with Crippen molar-refractivity contribution < 1.29 is 31.9 Å². The van der Waals surface area contributed by atoms with E-state index in [1.54, 1.807) is 30.3 Å².